The second-order valence-corrected chi connectivity index (χ2v) is 6.45. The Labute approximate surface area is 140 Å². The van der Waals surface area contributed by atoms with E-state index in [0.29, 0.717) is 26.3 Å². The molecule has 1 amide bonds. The number of nitrogens with zero attached hydrogens (tertiary/aromatic N) is 3. The molecule has 1 atom stereocenters. The molecule has 23 heavy (non-hydrogen) atoms. The third-order valence-electron chi connectivity index (χ3n) is 3.93. The highest BCUT2D eigenvalue weighted by Crippen LogP contribution is 2.23. The van der Waals surface area contributed by atoms with E-state index in [1.165, 1.54) is 0 Å². The summed E-state index contributed by atoms with van der Waals surface area (Å²) in [4.78, 5) is 15.5. The minimum Gasteiger partial charge on any atom is -0.382 e. The summed E-state index contributed by atoms with van der Waals surface area (Å²) in [7, 11) is 0. The van der Waals surface area contributed by atoms with Gasteiger partial charge in [0.2, 0.25) is 5.91 Å². The number of thiophene rings is 1. The average molecular weight is 331 g/mol. The summed E-state index contributed by atoms with van der Waals surface area (Å²) in [5.74, 6) is 0.0484. The Morgan fingerprint density at radius 2 is 2.43 bits per heavy atom. The molecule has 122 valence electrons. The Hall–Kier alpha value is -1.92. The maximum Gasteiger partial charge on any atom is 0.247 e. The van der Waals surface area contributed by atoms with Gasteiger partial charge in [0.05, 0.1) is 18.3 Å². The monoisotopic (exact) mass is 331 g/mol. The number of fused-ring (bicyclic) bond motifs is 1. The predicted molar refractivity (Wildman–Crippen MR) is 91.1 cm³/mol. The summed E-state index contributed by atoms with van der Waals surface area (Å²) in [5.41, 5.74) is 1.08. The highest BCUT2D eigenvalue weighted by molar-refractivity contribution is 7.10. The van der Waals surface area contributed by atoms with Crippen LogP contribution in [0.1, 0.15) is 30.0 Å². The van der Waals surface area contributed by atoms with Gasteiger partial charge in [0.25, 0.3) is 0 Å². The van der Waals surface area contributed by atoms with E-state index in [-0.39, 0.29) is 11.9 Å². The zero-order chi connectivity index (χ0) is 16.1. The van der Waals surface area contributed by atoms with Crippen molar-refractivity contribution in [3.63, 3.8) is 0 Å². The summed E-state index contributed by atoms with van der Waals surface area (Å²) in [6.07, 6.45) is 6.21. The number of hydrogen-bond donors (Lipinski definition) is 0. The van der Waals surface area contributed by atoms with Crippen LogP contribution in [-0.4, -0.2) is 40.3 Å². The van der Waals surface area contributed by atoms with Crippen molar-refractivity contribution in [2.24, 2.45) is 0 Å². The summed E-state index contributed by atoms with van der Waals surface area (Å²) < 4.78 is 7.50. The molecule has 6 heteroatoms. The first-order valence-corrected chi connectivity index (χ1v) is 8.76. The topological polar surface area (TPSA) is 47.4 Å². The molecule has 2 aromatic rings. The van der Waals surface area contributed by atoms with E-state index in [1.807, 2.05) is 46.2 Å². The van der Waals surface area contributed by atoms with Gasteiger partial charge in [-0.25, -0.2) is 0 Å². The SMILES string of the molecule is CCOCCC1CN(C(=O)/C=C/c2cccs2)Cc2ccnn21. The van der Waals surface area contributed by atoms with Gasteiger partial charge in [-0.2, -0.15) is 5.10 Å². The van der Waals surface area contributed by atoms with E-state index in [2.05, 4.69) is 5.10 Å². The fraction of sp³-hybridized carbons (Fsp3) is 0.412. The van der Waals surface area contributed by atoms with Gasteiger partial charge >= 0.3 is 0 Å². The molecule has 2 aromatic heterocycles. The molecule has 0 saturated carbocycles. The van der Waals surface area contributed by atoms with Crippen molar-refractivity contribution in [1.82, 2.24) is 14.7 Å². The molecule has 1 aliphatic heterocycles. The highest BCUT2D eigenvalue weighted by Gasteiger charge is 2.27. The van der Waals surface area contributed by atoms with Crippen LogP contribution in [0.2, 0.25) is 0 Å². The fourth-order valence-corrected chi connectivity index (χ4v) is 3.40. The molecule has 0 radical (unpaired) electrons. The van der Waals surface area contributed by atoms with Gasteiger partial charge in [-0.15, -0.1) is 11.3 Å². The number of ether oxygens (including phenoxy) is 1. The molecular formula is C17H21N3O2S. The van der Waals surface area contributed by atoms with Gasteiger partial charge in [0.1, 0.15) is 0 Å². The van der Waals surface area contributed by atoms with Crippen LogP contribution in [-0.2, 0) is 16.1 Å². The lowest BCUT2D eigenvalue weighted by atomic mass is 10.1. The summed E-state index contributed by atoms with van der Waals surface area (Å²) >= 11 is 1.63. The second kappa shape index (κ2) is 7.57. The number of aromatic nitrogens is 2. The van der Waals surface area contributed by atoms with Crippen LogP contribution in [0.3, 0.4) is 0 Å². The van der Waals surface area contributed by atoms with E-state index in [9.17, 15) is 4.79 Å². The van der Waals surface area contributed by atoms with Crippen LogP contribution >= 0.6 is 11.3 Å². The van der Waals surface area contributed by atoms with E-state index in [0.717, 1.165) is 17.0 Å². The summed E-state index contributed by atoms with van der Waals surface area (Å²) in [6, 6.07) is 6.15. The van der Waals surface area contributed by atoms with Crippen molar-refractivity contribution in [1.29, 1.82) is 0 Å². The van der Waals surface area contributed by atoms with Gasteiger partial charge in [-0.05, 0) is 36.9 Å². The van der Waals surface area contributed by atoms with E-state index in [1.54, 1.807) is 23.6 Å². The maximum atomic E-state index is 12.5. The molecule has 3 heterocycles. The first-order valence-electron chi connectivity index (χ1n) is 7.88. The van der Waals surface area contributed by atoms with Crippen molar-refractivity contribution < 1.29 is 9.53 Å². The Balaban J connectivity index is 1.68. The summed E-state index contributed by atoms with van der Waals surface area (Å²) in [6.45, 7) is 4.68. The normalized spacial score (nSPS) is 17.6. The Morgan fingerprint density at radius 1 is 1.52 bits per heavy atom. The quantitative estimate of drug-likeness (QED) is 0.604. The van der Waals surface area contributed by atoms with Crippen LogP contribution in [0.15, 0.2) is 35.9 Å². The fourth-order valence-electron chi connectivity index (χ4n) is 2.78. The first-order chi connectivity index (χ1) is 11.3. The third kappa shape index (κ3) is 3.89. The smallest absolute Gasteiger partial charge is 0.247 e. The molecule has 5 nitrogen and oxygen atoms in total. The van der Waals surface area contributed by atoms with Gasteiger partial charge in [0.15, 0.2) is 0 Å². The predicted octanol–water partition coefficient (Wildman–Crippen LogP) is 2.97. The van der Waals surface area contributed by atoms with Crippen molar-refractivity contribution >= 4 is 23.3 Å². The minimum absolute atomic E-state index is 0.0484. The number of carbonyl (C=O) groups excluding carboxylic acids is 1. The molecule has 1 aliphatic rings. The van der Waals surface area contributed by atoms with E-state index in [4.69, 9.17) is 4.74 Å². The number of amides is 1. The lowest BCUT2D eigenvalue weighted by molar-refractivity contribution is -0.128. The van der Waals surface area contributed by atoms with Gasteiger partial charge in [-0.1, -0.05) is 6.07 Å². The molecule has 1 unspecified atom stereocenters. The lowest BCUT2D eigenvalue weighted by Crippen LogP contribution is -2.41. The van der Waals surface area contributed by atoms with Crippen molar-refractivity contribution in [2.45, 2.75) is 25.9 Å². The Morgan fingerprint density at radius 3 is 3.22 bits per heavy atom. The molecule has 0 aliphatic carbocycles. The number of hydrogen-bond acceptors (Lipinski definition) is 4. The van der Waals surface area contributed by atoms with Crippen LogP contribution in [0.4, 0.5) is 0 Å². The molecule has 0 spiro atoms. The molecule has 0 saturated heterocycles. The van der Waals surface area contributed by atoms with Crippen LogP contribution < -0.4 is 0 Å². The first kappa shape index (κ1) is 16.0. The largest absolute Gasteiger partial charge is 0.382 e. The molecule has 0 N–H and O–H groups in total. The molecule has 3 rings (SSSR count). The van der Waals surface area contributed by atoms with E-state index < -0.39 is 0 Å². The highest BCUT2D eigenvalue weighted by atomic mass is 32.1. The van der Waals surface area contributed by atoms with Crippen LogP contribution in [0.25, 0.3) is 6.08 Å². The minimum atomic E-state index is 0.0484. The van der Waals surface area contributed by atoms with Crippen molar-refractivity contribution in [2.75, 3.05) is 19.8 Å². The van der Waals surface area contributed by atoms with Gasteiger partial charge < -0.3 is 9.64 Å². The van der Waals surface area contributed by atoms with E-state index >= 15 is 0 Å². The lowest BCUT2D eigenvalue weighted by Gasteiger charge is -2.33. The average Bonchev–Trinajstić information content (AvgIpc) is 3.23. The van der Waals surface area contributed by atoms with Gasteiger partial charge in [0, 0.05) is 36.9 Å². The number of rotatable bonds is 6. The Kier molecular flexibility index (Phi) is 5.25. The van der Waals surface area contributed by atoms with Crippen LogP contribution in [0.5, 0.6) is 0 Å². The number of carbonyl (C=O) groups is 1. The molecular weight excluding hydrogens is 310 g/mol. The maximum absolute atomic E-state index is 12.5. The molecule has 0 fully saturated rings. The molecule has 0 aromatic carbocycles. The zero-order valence-electron chi connectivity index (χ0n) is 13.2. The Bertz CT molecular complexity index is 663. The van der Waals surface area contributed by atoms with Crippen molar-refractivity contribution in [3.05, 3.63) is 46.4 Å². The van der Waals surface area contributed by atoms with Gasteiger partial charge in [-0.3, -0.25) is 9.48 Å². The van der Waals surface area contributed by atoms with Crippen LogP contribution in [0, 0.1) is 0 Å². The standard InChI is InChI=1S/C17H21N3O2S/c1-2-22-10-8-15-13-19(12-14-7-9-18-20(14)15)17(21)6-5-16-4-3-11-23-16/h3-7,9,11,15H,2,8,10,12-13H2,1H3/b6-5+. The summed E-state index contributed by atoms with van der Waals surface area (Å²) in [5, 5.41) is 6.41. The molecule has 0 bridgehead atoms. The second-order valence-electron chi connectivity index (χ2n) is 5.47. The van der Waals surface area contributed by atoms with Crippen molar-refractivity contribution in [3.8, 4) is 0 Å². The third-order valence-corrected chi connectivity index (χ3v) is 4.76. The zero-order valence-corrected chi connectivity index (χ0v) is 14.0.